The summed E-state index contributed by atoms with van der Waals surface area (Å²) in [4.78, 5) is 28.9. The van der Waals surface area contributed by atoms with E-state index in [-0.39, 0.29) is 18.0 Å². The van der Waals surface area contributed by atoms with Crippen LogP contribution < -0.4 is 10.7 Å². The highest BCUT2D eigenvalue weighted by Gasteiger charge is 2.31. The quantitative estimate of drug-likeness (QED) is 0.678. The Balaban J connectivity index is 1.99. The SMILES string of the molecule is CC(C)(C)OC(=O)N1CCC(N(N=O)c2cccnc2N)CC1. The Bertz CT molecular complexity index is 564. The third-order valence-corrected chi connectivity index (χ3v) is 3.61. The molecule has 0 aliphatic carbocycles. The van der Waals surface area contributed by atoms with Crippen molar-refractivity contribution in [3.63, 3.8) is 0 Å². The van der Waals surface area contributed by atoms with E-state index in [1.54, 1.807) is 23.2 Å². The number of pyridine rings is 1. The maximum absolute atomic E-state index is 12.1. The van der Waals surface area contributed by atoms with E-state index in [0.717, 1.165) is 0 Å². The standard InChI is InChI=1S/C15H23N5O3/c1-15(2,3)23-14(21)19-9-6-11(7-10-19)20(18-22)12-5-4-8-17-13(12)16/h4-5,8,11H,6-7,9-10H2,1-3H3,(H2,16,17). The van der Waals surface area contributed by atoms with Crippen LogP contribution in [0, 0.1) is 4.91 Å². The van der Waals surface area contributed by atoms with Gasteiger partial charge in [-0.2, -0.15) is 0 Å². The molecule has 8 heteroatoms. The molecule has 126 valence electrons. The van der Waals surface area contributed by atoms with Gasteiger partial charge in [0.15, 0.2) is 0 Å². The molecule has 0 atom stereocenters. The molecule has 1 amide bonds. The van der Waals surface area contributed by atoms with Crippen molar-refractivity contribution in [2.75, 3.05) is 23.8 Å². The minimum Gasteiger partial charge on any atom is -0.444 e. The summed E-state index contributed by atoms with van der Waals surface area (Å²) < 4.78 is 5.36. The lowest BCUT2D eigenvalue weighted by Crippen LogP contribution is -2.46. The molecule has 2 heterocycles. The predicted molar refractivity (Wildman–Crippen MR) is 87.8 cm³/mol. The Kier molecular flexibility index (Phi) is 5.02. The van der Waals surface area contributed by atoms with E-state index < -0.39 is 5.60 Å². The number of piperidine rings is 1. The Morgan fingerprint density at radius 3 is 2.61 bits per heavy atom. The van der Waals surface area contributed by atoms with Crippen molar-refractivity contribution in [3.05, 3.63) is 23.2 Å². The van der Waals surface area contributed by atoms with Gasteiger partial charge in [-0.25, -0.2) is 14.8 Å². The van der Waals surface area contributed by atoms with Gasteiger partial charge in [-0.1, -0.05) is 0 Å². The second-order valence-electron chi connectivity index (χ2n) is 6.53. The van der Waals surface area contributed by atoms with Gasteiger partial charge in [0, 0.05) is 19.3 Å². The summed E-state index contributed by atoms with van der Waals surface area (Å²) in [5.74, 6) is 0.265. The van der Waals surface area contributed by atoms with Gasteiger partial charge in [-0.05, 0) is 45.7 Å². The van der Waals surface area contributed by atoms with E-state index in [2.05, 4.69) is 10.3 Å². The van der Waals surface area contributed by atoms with E-state index in [9.17, 15) is 9.70 Å². The molecular formula is C15H23N5O3. The van der Waals surface area contributed by atoms with Crippen LogP contribution in [0.15, 0.2) is 23.6 Å². The number of hydrogen-bond donors (Lipinski definition) is 1. The van der Waals surface area contributed by atoms with Crippen LogP contribution in [-0.2, 0) is 4.74 Å². The number of nitrogen functional groups attached to an aromatic ring is 1. The second kappa shape index (κ2) is 6.80. The molecule has 0 aromatic carbocycles. The molecule has 23 heavy (non-hydrogen) atoms. The Morgan fingerprint density at radius 1 is 1.43 bits per heavy atom. The van der Waals surface area contributed by atoms with E-state index in [0.29, 0.717) is 31.6 Å². The van der Waals surface area contributed by atoms with Crippen molar-refractivity contribution >= 4 is 17.6 Å². The van der Waals surface area contributed by atoms with Gasteiger partial charge in [0.05, 0.1) is 11.3 Å². The summed E-state index contributed by atoms with van der Waals surface area (Å²) in [5.41, 5.74) is 5.79. The van der Waals surface area contributed by atoms with Crippen LogP contribution in [0.25, 0.3) is 0 Å². The van der Waals surface area contributed by atoms with Crippen molar-refractivity contribution in [1.29, 1.82) is 0 Å². The molecule has 8 nitrogen and oxygen atoms in total. The number of nitroso groups, excluding NO2 is 1. The average Bonchev–Trinajstić information content (AvgIpc) is 2.49. The summed E-state index contributed by atoms with van der Waals surface area (Å²) in [7, 11) is 0. The fourth-order valence-electron chi connectivity index (χ4n) is 2.53. The van der Waals surface area contributed by atoms with E-state index in [1.165, 1.54) is 5.01 Å². The number of aromatic nitrogens is 1. The zero-order valence-electron chi connectivity index (χ0n) is 13.7. The number of likely N-dealkylation sites (tertiary alicyclic amines) is 1. The number of hydrogen-bond acceptors (Lipinski definition) is 6. The summed E-state index contributed by atoms with van der Waals surface area (Å²) in [6.07, 6.45) is 2.45. The fraction of sp³-hybridized carbons (Fsp3) is 0.600. The largest absolute Gasteiger partial charge is 0.444 e. The van der Waals surface area contributed by atoms with Crippen LogP contribution in [0.5, 0.6) is 0 Å². The third kappa shape index (κ3) is 4.30. The van der Waals surface area contributed by atoms with Gasteiger partial charge in [0.1, 0.15) is 17.1 Å². The molecular weight excluding hydrogens is 298 g/mol. The maximum atomic E-state index is 12.1. The van der Waals surface area contributed by atoms with Crippen molar-refractivity contribution in [2.45, 2.75) is 45.3 Å². The highest BCUT2D eigenvalue weighted by Crippen LogP contribution is 2.27. The lowest BCUT2D eigenvalue weighted by atomic mass is 10.0. The first-order valence-corrected chi connectivity index (χ1v) is 7.63. The van der Waals surface area contributed by atoms with E-state index in [1.807, 2.05) is 20.8 Å². The number of amides is 1. The first-order valence-electron chi connectivity index (χ1n) is 7.63. The van der Waals surface area contributed by atoms with Crippen LogP contribution in [0.4, 0.5) is 16.3 Å². The van der Waals surface area contributed by atoms with Crippen LogP contribution in [0.3, 0.4) is 0 Å². The molecule has 2 rings (SSSR count). The highest BCUT2D eigenvalue weighted by molar-refractivity contribution is 5.68. The van der Waals surface area contributed by atoms with Gasteiger partial charge in [-0.15, -0.1) is 4.91 Å². The number of nitrogens with zero attached hydrogens (tertiary/aromatic N) is 4. The number of ether oxygens (including phenoxy) is 1. The molecule has 0 radical (unpaired) electrons. The first-order chi connectivity index (χ1) is 10.8. The molecule has 2 N–H and O–H groups in total. The second-order valence-corrected chi connectivity index (χ2v) is 6.53. The first kappa shape index (κ1) is 17.0. The smallest absolute Gasteiger partial charge is 0.410 e. The zero-order valence-corrected chi connectivity index (χ0v) is 13.7. The van der Waals surface area contributed by atoms with Gasteiger partial charge >= 0.3 is 6.09 Å². The Labute approximate surface area is 135 Å². The molecule has 0 bridgehead atoms. The monoisotopic (exact) mass is 321 g/mol. The van der Waals surface area contributed by atoms with Crippen LogP contribution in [0.2, 0.25) is 0 Å². The van der Waals surface area contributed by atoms with Gasteiger partial charge in [0.2, 0.25) is 0 Å². The van der Waals surface area contributed by atoms with E-state index >= 15 is 0 Å². The average molecular weight is 321 g/mol. The molecule has 1 aromatic rings. The summed E-state index contributed by atoms with van der Waals surface area (Å²) in [6.45, 7) is 6.51. The lowest BCUT2D eigenvalue weighted by Gasteiger charge is -2.36. The minimum atomic E-state index is -0.519. The summed E-state index contributed by atoms with van der Waals surface area (Å²) >= 11 is 0. The number of nitrogens with two attached hydrogens (primary N) is 1. The van der Waals surface area contributed by atoms with Gasteiger partial charge in [-0.3, -0.25) is 0 Å². The van der Waals surface area contributed by atoms with E-state index in [4.69, 9.17) is 10.5 Å². The molecule has 1 aliphatic rings. The van der Waals surface area contributed by atoms with Crippen molar-refractivity contribution in [1.82, 2.24) is 9.88 Å². The number of carbonyl (C=O) groups excluding carboxylic acids is 1. The summed E-state index contributed by atoms with van der Waals surface area (Å²) in [5, 5.41) is 4.46. The lowest BCUT2D eigenvalue weighted by molar-refractivity contribution is 0.0204. The number of carbonyl (C=O) groups is 1. The molecule has 1 fully saturated rings. The van der Waals surface area contributed by atoms with Crippen LogP contribution in [0.1, 0.15) is 33.6 Å². The Hall–Kier alpha value is -2.38. The van der Waals surface area contributed by atoms with Gasteiger partial charge < -0.3 is 15.4 Å². The van der Waals surface area contributed by atoms with Crippen molar-refractivity contribution in [2.24, 2.45) is 5.29 Å². The minimum absolute atomic E-state index is 0.113. The number of rotatable bonds is 3. The molecule has 1 aliphatic heterocycles. The normalized spacial score (nSPS) is 16.0. The fourth-order valence-corrected chi connectivity index (χ4v) is 2.53. The highest BCUT2D eigenvalue weighted by atomic mass is 16.6. The Morgan fingerprint density at radius 2 is 2.09 bits per heavy atom. The molecule has 1 saturated heterocycles. The molecule has 0 saturated carbocycles. The molecule has 1 aromatic heterocycles. The topological polar surface area (TPSA) is 101 Å². The van der Waals surface area contributed by atoms with Crippen molar-refractivity contribution in [3.8, 4) is 0 Å². The van der Waals surface area contributed by atoms with Crippen LogP contribution >= 0.6 is 0 Å². The maximum Gasteiger partial charge on any atom is 0.410 e. The van der Waals surface area contributed by atoms with Crippen LogP contribution in [-0.4, -0.2) is 40.7 Å². The molecule has 0 unspecified atom stereocenters. The van der Waals surface area contributed by atoms with Gasteiger partial charge in [0.25, 0.3) is 0 Å². The van der Waals surface area contributed by atoms with Crippen molar-refractivity contribution < 1.29 is 9.53 Å². The zero-order chi connectivity index (χ0) is 17.0. The predicted octanol–water partition coefficient (Wildman–Crippen LogP) is 2.55. The molecule has 0 spiro atoms. The number of anilines is 2. The third-order valence-electron chi connectivity index (χ3n) is 3.61. The summed E-state index contributed by atoms with van der Waals surface area (Å²) in [6, 6.07) is 3.31.